The summed E-state index contributed by atoms with van der Waals surface area (Å²) in [5.41, 5.74) is 0.433. The molecule has 1 N–H and O–H groups in total. The second kappa shape index (κ2) is 6.30. The zero-order valence-corrected chi connectivity index (χ0v) is 14.2. The normalized spacial score (nSPS) is 19.7. The number of piperazine rings is 1. The molecule has 0 atom stereocenters. The van der Waals surface area contributed by atoms with E-state index >= 15 is 0 Å². The molecule has 3 rings (SSSR count). The third-order valence-electron chi connectivity index (χ3n) is 3.91. The number of carbonyl (C=O) groups is 1. The summed E-state index contributed by atoms with van der Waals surface area (Å²) in [6.07, 6.45) is -2.55. The fourth-order valence-electron chi connectivity index (χ4n) is 2.62. The average Bonchev–Trinajstić information content (AvgIpc) is 2.85. The van der Waals surface area contributed by atoms with Crippen LogP contribution in [0, 0.1) is 0 Å². The molecule has 0 aliphatic carbocycles. The van der Waals surface area contributed by atoms with Crippen LogP contribution in [0.5, 0.6) is 11.5 Å². The Morgan fingerprint density at radius 1 is 1.20 bits per heavy atom. The highest BCUT2D eigenvalue weighted by Crippen LogP contribution is 2.42. The summed E-state index contributed by atoms with van der Waals surface area (Å²) < 4.78 is 58.8. The standard InChI is InChI=1S/C14H17F2N3O5S/c1-25(21,22)19-6-4-18(5-7-19)13(20)9-17-10-2-3-11-12(8-10)24-14(15,16)23-11/h2-3,8,17H,4-7,9H2,1H3. The molecule has 2 aliphatic rings. The fourth-order valence-corrected chi connectivity index (χ4v) is 3.44. The maximum absolute atomic E-state index is 13.0. The van der Waals surface area contributed by atoms with Gasteiger partial charge in [-0.1, -0.05) is 0 Å². The van der Waals surface area contributed by atoms with Gasteiger partial charge >= 0.3 is 6.29 Å². The van der Waals surface area contributed by atoms with Crippen molar-refractivity contribution in [1.82, 2.24) is 9.21 Å². The van der Waals surface area contributed by atoms with E-state index in [1.807, 2.05) is 0 Å². The molecule has 0 unspecified atom stereocenters. The van der Waals surface area contributed by atoms with Crippen LogP contribution in [0.2, 0.25) is 0 Å². The Labute approximate surface area is 143 Å². The molecule has 0 saturated carbocycles. The predicted molar refractivity (Wildman–Crippen MR) is 84.1 cm³/mol. The van der Waals surface area contributed by atoms with Gasteiger partial charge in [-0.05, 0) is 12.1 Å². The van der Waals surface area contributed by atoms with Gasteiger partial charge in [-0.3, -0.25) is 4.79 Å². The van der Waals surface area contributed by atoms with Gasteiger partial charge in [-0.25, -0.2) is 8.42 Å². The molecule has 0 aromatic heterocycles. The lowest BCUT2D eigenvalue weighted by Gasteiger charge is -2.33. The van der Waals surface area contributed by atoms with Gasteiger partial charge < -0.3 is 19.7 Å². The highest BCUT2D eigenvalue weighted by atomic mass is 32.2. The zero-order valence-electron chi connectivity index (χ0n) is 13.4. The number of nitrogens with one attached hydrogen (secondary N) is 1. The quantitative estimate of drug-likeness (QED) is 0.823. The van der Waals surface area contributed by atoms with Crippen molar-refractivity contribution in [3.05, 3.63) is 18.2 Å². The van der Waals surface area contributed by atoms with E-state index < -0.39 is 16.3 Å². The molecule has 11 heteroatoms. The Bertz CT molecular complexity index is 779. The van der Waals surface area contributed by atoms with Crippen molar-refractivity contribution >= 4 is 21.6 Å². The third-order valence-corrected chi connectivity index (χ3v) is 5.21. The number of alkyl halides is 2. The predicted octanol–water partition coefficient (Wildman–Crippen LogP) is 0.524. The fraction of sp³-hybridized carbons (Fsp3) is 0.500. The van der Waals surface area contributed by atoms with Gasteiger partial charge in [-0.15, -0.1) is 8.78 Å². The SMILES string of the molecule is CS(=O)(=O)N1CCN(C(=O)CNc2ccc3c(c2)OC(F)(F)O3)CC1. The summed E-state index contributed by atoms with van der Waals surface area (Å²) >= 11 is 0. The first kappa shape index (κ1) is 17.7. The molecule has 1 aromatic carbocycles. The number of sulfonamides is 1. The topological polar surface area (TPSA) is 88.2 Å². The highest BCUT2D eigenvalue weighted by Gasteiger charge is 2.43. The van der Waals surface area contributed by atoms with Gasteiger partial charge in [0.25, 0.3) is 0 Å². The van der Waals surface area contributed by atoms with Crippen LogP contribution in [0.3, 0.4) is 0 Å². The van der Waals surface area contributed by atoms with E-state index in [4.69, 9.17) is 0 Å². The first-order chi connectivity index (χ1) is 11.6. The van der Waals surface area contributed by atoms with Gasteiger partial charge in [-0.2, -0.15) is 4.31 Å². The Kier molecular flexibility index (Phi) is 4.45. The number of nitrogens with zero attached hydrogens (tertiary/aromatic N) is 2. The number of carbonyl (C=O) groups excluding carboxylic acids is 1. The van der Waals surface area contributed by atoms with Crippen LogP contribution in [-0.2, 0) is 14.8 Å². The van der Waals surface area contributed by atoms with Crippen molar-refractivity contribution in [3.63, 3.8) is 0 Å². The van der Waals surface area contributed by atoms with Crippen molar-refractivity contribution < 1.29 is 31.5 Å². The Morgan fingerprint density at radius 2 is 1.84 bits per heavy atom. The summed E-state index contributed by atoms with van der Waals surface area (Å²) in [6, 6.07) is 4.15. The maximum Gasteiger partial charge on any atom is 0.586 e. The van der Waals surface area contributed by atoms with Crippen LogP contribution in [0.1, 0.15) is 0 Å². The van der Waals surface area contributed by atoms with Crippen LogP contribution in [0.15, 0.2) is 18.2 Å². The number of fused-ring (bicyclic) bond motifs is 1. The molecular weight excluding hydrogens is 360 g/mol. The van der Waals surface area contributed by atoms with E-state index in [9.17, 15) is 22.0 Å². The first-order valence-electron chi connectivity index (χ1n) is 7.51. The van der Waals surface area contributed by atoms with Crippen LogP contribution >= 0.6 is 0 Å². The molecule has 1 aromatic rings. The summed E-state index contributed by atoms with van der Waals surface area (Å²) in [5, 5.41) is 2.84. The summed E-state index contributed by atoms with van der Waals surface area (Å²) in [6.45, 7) is 1.07. The Morgan fingerprint density at radius 3 is 2.48 bits per heavy atom. The van der Waals surface area contributed by atoms with Crippen LogP contribution in [0.25, 0.3) is 0 Å². The molecule has 25 heavy (non-hydrogen) atoms. The minimum Gasteiger partial charge on any atom is -0.395 e. The van der Waals surface area contributed by atoms with Gasteiger partial charge in [0.1, 0.15) is 0 Å². The number of amides is 1. The second-order valence-electron chi connectivity index (χ2n) is 5.73. The van der Waals surface area contributed by atoms with E-state index in [0.717, 1.165) is 6.26 Å². The Hall–Kier alpha value is -2.14. The number of ether oxygens (including phenoxy) is 2. The molecule has 2 heterocycles. The number of anilines is 1. The number of rotatable bonds is 4. The van der Waals surface area contributed by atoms with E-state index in [1.165, 1.54) is 22.5 Å². The molecule has 1 fully saturated rings. The van der Waals surface area contributed by atoms with E-state index in [2.05, 4.69) is 14.8 Å². The molecule has 0 bridgehead atoms. The molecular formula is C14H17F2N3O5S. The minimum atomic E-state index is -3.68. The number of benzene rings is 1. The third kappa shape index (κ3) is 4.10. The summed E-state index contributed by atoms with van der Waals surface area (Å²) in [5.74, 6) is -0.390. The number of hydrogen-bond donors (Lipinski definition) is 1. The van der Waals surface area contributed by atoms with Crippen molar-refractivity contribution in [3.8, 4) is 11.5 Å². The first-order valence-corrected chi connectivity index (χ1v) is 9.35. The van der Waals surface area contributed by atoms with E-state index in [0.29, 0.717) is 18.8 Å². The molecule has 8 nitrogen and oxygen atoms in total. The molecule has 1 amide bonds. The van der Waals surface area contributed by atoms with Gasteiger partial charge in [0.15, 0.2) is 11.5 Å². The zero-order chi connectivity index (χ0) is 18.2. The highest BCUT2D eigenvalue weighted by molar-refractivity contribution is 7.88. The van der Waals surface area contributed by atoms with Crippen LogP contribution in [0.4, 0.5) is 14.5 Å². The molecule has 2 aliphatic heterocycles. The van der Waals surface area contributed by atoms with Crippen molar-refractivity contribution in [1.29, 1.82) is 0 Å². The van der Waals surface area contributed by atoms with Crippen LogP contribution in [-0.4, -0.2) is 68.8 Å². The van der Waals surface area contributed by atoms with Crippen molar-refractivity contribution in [2.45, 2.75) is 6.29 Å². The number of halogens is 2. The lowest BCUT2D eigenvalue weighted by Crippen LogP contribution is -2.51. The number of hydrogen-bond acceptors (Lipinski definition) is 6. The van der Waals surface area contributed by atoms with E-state index in [1.54, 1.807) is 4.90 Å². The van der Waals surface area contributed by atoms with E-state index in [-0.39, 0.29) is 37.0 Å². The van der Waals surface area contributed by atoms with Crippen molar-refractivity contribution in [2.24, 2.45) is 0 Å². The largest absolute Gasteiger partial charge is 0.586 e. The molecule has 1 saturated heterocycles. The lowest BCUT2D eigenvalue weighted by atomic mass is 10.2. The maximum atomic E-state index is 13.0. The minimum absolute atomic E-state index is 0.0467. The Balaban J connectivity index is 1.52. The second-order valence-corrected chi connectivity index (χ2v) is 7.71. The van der Waals surface area contributed by atoms with Gasteiger partial charge in [0.05, 0.1) is 12.8 Å². The lowest BCUT2D eigenvalue weighted by molar-refractivity contribution is -0.286. The molecule has 0 radical (unpaired) electrons. The van der Waals surface area contributed by atoms with Gasteiger partial charge in [0.2, 0.25) is 15.9 Å². The van der Waals surface area contributed by atoms with Gasteiger partial charge in [0, 0.05) is 37.9 Å². The molecule has 138 valence electrons. The monoisotopic (exact) mass is 377 g/mol. The van der Waals surface area contributed by atoms with Crippen LogP contribution < -0.4 is 14.8 Å². The average molecular weight is 377 g/mol. The summed E-state index contributed by atoms with van der Waals surface area (Å²) in [7, 11) is -3.25. The smallest absolute Gasteiger partial charge is 0.395 e. The van der Waals surface area contributed by atoms with Crippen molar-refractivity contribution in [2.75, 3.05) is 44.3 Å². The summed E-state index contributed by atoms with van der Waals surface area (Å²) in [4.78, 5) is 13.7. The molecule has 0 spiro atoms.